The van der Waals surface area contributed by atoms with Crippen molar-refractivity contribution in [3.8, 4) is 5.75 Å². The van der Waals surface area contributed by atoms with Crippen LogP contribution in [0.5, 0.6) is 5.75 Å². The molecule has 1 heterocycles. The van der Waals surface area contributed by atoms with E-state index >= 15 is 0 Å². The second-order valence-corrected chi connectivity index (χ2v) is 8.47. The minimum absolute atomic E-state index is 0.0339. The quantitative estimate of drug-likeness (QED) is 0.324. The number of nitrogens with one attached hydrogen (secondary N) is 1. The van der Waals surface area contributed by atoms with Gasteiger partial charge in [0.15, 0.2) is 5.11 Å². The molecule has 0 aromatic heterocycles. The molecule has 166 valence electrons. The number of rotatable bonds is 4. The zero-order chi connectivity index (χ0) is 22.9. The molecule has 2 atom stereocenters. The van der Waals surface area contributed by atoms with Crippen LogP contribution in [0.15, 0.2) is 77.9 Å². The molecule has 3 aromatic rings. The number of non-ortho nitro benzene ring substituents is 1. The molecular weight excluding hydrogens is 436 g/mol. The summed E-state index contributed by atoms with van der Waals surface area (Å²) in [5.74, 6) is 0.995. The zero-order valence-electron chi connectivity index (χ0n) is 18.0. The van der Waals surface area contributed by atoms with Crippen LogP contribution >= 0.6 is 12.2 Å². The molecule has 8 heteroatoms. The van der Waals surface area contributed by atoms with Crippen molar-refractivity contribution in [3.63, 3.8) is 0 Å². The van der Waals surface area contributed by atoms with E-state index in [1.54, 1.807) is 19.2 Å². The van der Waals surface area contributed by atoms with E-state index in [-0.39, 0.29) is 17.6 Å². The molecule has 0 unspecified atom stereocenters. The molecule has 5 rings (SSSR count). The summed E-state index contributed by atoms with van der Waals surface area (Å²) in [6.45, 7) is 0. The summed E-state index contributed by atoms with van der Waals surface area (Å²) in [6, 6.07) is 22.6. The summed E-state index contributed by atoms with van der Waals surface area (Å²) in [4.78, 5) is 10.5. The Morgan fingerprint density at radius 3 is 2.55 bits per heavy atom. The molecule has 0 saturated heterocycles. The molecule has 0 amide bonds. The lowest BCUT2D eigenvalue weighted by Crippen LogP contribution is -2.34. The fourth-order valence-electron chi connectivity index (χ4n) is 4.61. The van der Waals surface area contributed by atoms with Crippen LogP contribution in [0.2, 0.25) is 0 Å². The van der Waals surface area contributed by atoms with Crippen LogP contribution in [0.1, 0.15) is 29.2 Å². The Balaban J connectivity index is 1.49. The second kappa shape index (κ2) is 8.63. The first-order valence-electron chi connectivity index (χ1n) is 10.7. The van der Waals surface area contributed by atoms with E-state index in [1.165, 1.54) is 23.3 Å². The Kier molecular flexibility index (Phi) is 5.51. The molecule has 3 aromatic carbocycles. The first-order valence-corrected chi connectivity index (χ1v) is 11.1. The van der Waals surface area contributed by atoms with Gasteiger partial charge in [0.05, 0.1) is 23.8 Å². The van der Waals surface area contributed by atoms with E-state index in [1.807, 2.05) is 23.2 Å². The van der Waals surface area contributed by atoms with E-state index in [4.69, 9.17) is 22.1 Å². The lowest BCUT2D eigenvalue weighted by Gasteiger charge is -2.31. The Bertz CT molecular complexity index is 1240. The number of benzene rings is 3. The predicted molar refractivity (Wildman–Crippen MR) is 132 cm³/mol. The lowest BCUT2D eigenvalue weighted by atomic mass is 9.77. The molecule has 0 radical (unpaired) electrons. The first kappa shape index (κ1) is 21.1. The topological polar surface area (TPSA) is 80.0 Å². The predicted octanol–water partition coefficient (Wildman–Crippen LogP) is 5.32. The number of aryl methyl sites for hydroxylation is 1. The number of thiocarbonyl (C=S) groups is 1. The van der Waals surface area contributed by atoms with Crippen LogP contribution in [0.3, 0.4) is 0 Å². The van der Waals surface area contributed by atoms with Gasteiger partial charge in [-0.1, -0.05) is 36.4 Å². The van der Waals surface area contributed by atoms with Crippen LogP contribution in [-0.4, -0.2) is 27.9 Å². The molecule has 33 heavy (non-hydrogen) atoms. The van der Waals surface area contributed by atoms with Crippen molar-refractivity contribution in [3.05, 3.63) is 99.6 Å². The monoisotopic (exact) mass is 458 g/mol. The van der Waals surface area contributed by atoms with Gasteiger partial charge < -0.3 is 10.1 Å². The summed E-state index contributed by atoms with van der Waals surface area (Å²) in [6.07, 6.45) is 1.96. The summed E-state index contributed by atoms with van der Waals surface area (Å²) in [7, 11) is 1.65. The maximum Gasteiger partial charge on any atom is 0.269 e. The Hall–Kier alpha value is -3.78. The molecule has 0 fully saturated rings. The third kappa shape index (κ3) is 3.93. The van der Waals surface area contributed by atoms with Gasteiger partial charge in [0.2, 0.25) is 0 Å². The maximum atomic E-state index is 11.0. The third-order valence-electron chi connectivity index (χ3n) is 6.22. The van der Waals surface area contributed by atoms with Crippen LogP contribution in [-0.2, 0) is 6.42 Å². The third-order valence-corrected chi connectivity index (χ3v) is 6.51. The highest BCUT2D eigenvalue weighted by atomic mass is 32.1. The fraction of sp³-hybridized carbons (Fsp3) is 0.200. The number of fused-ring (bicyclic) bond motifs is 3. The van der Waals surface area contributed by atoms with Gasteiger partial charge in [-0.2, -0.15) is 5.10 Å². The van der Waals surface area contributed by atoms with Crippen molar-refractivity contribution in [2.24, 2.45) is 11.0 Å². The van der Waals surface area contributed by atoms with Crippen LogP contribution in [0, 0.1) is 16.0 Å². The average Bonchev–Trinajstić information content (AvgIpc) is 3.25. The lowest BCUT2D eigenvalue weighted by molar-refractivity contribution is -0.384. The summed E-state index contributed by atoms with van der Waals surface area (Å²) in [5.41, 5.74) is 5.34. The number of anilines is 1. The smallest absolute Gasteiger partial charge is 0.269 e. The zero-order valence-corrected chi connectivity index (χ0v) is 18.8. The highest BCUT2D eigenvalue weighted by molar-refractivity contribution is 7.80. The van der Waals surface area contributed by atoms with Crippen molar-refractivity contribution in [1.29, 1.82) is 0 Å². The van der Waals surface area contributed by atoms with Crippen molar-refractivity contribution >= 4 is 34.4 Å². The Morgan fingerprint density at radius 1 is 1.12 bits per heavy atom. The number of nitrogens with zero attached hydrogens (tertiary/aromatic N) is 3. The number of hydrogen-bond donors (Lipinski definition) is 1. The maximum absolute atomic E-state index is 11.0. The fourth-order valence-corrected chi connectivity index (χ4v) is 4.89. The summed E-state index contributed by atoms with van der Waals surface area (Å²) >= 11 is 5.78. The second-order valence-electron chi connectivity index (χ2n) is 8.08. The van der Waals surface area contributed by atoms with E-state index in [2.05, 4.69) is 35.6 Å². The number of hydrogen-bond acceptors (Lipinski definition) is 5. The molecule has 2 aliphatic rings. The summed E-state index contributed by atoms with van der Waals surface area (Å²) in [5, 5.41) is 21.5. The average molecular weight is 459 g/mol. The molecule has 7 nitrogen and oxygen atoms in total. The van der Waals surface area contributed by atoms with E-state index in [0.717, 1.165) is 29.9 Å². The Labute approximate surface area is 196 Å². The van der Waals surface area contributed by atoms with E-state index < -0.39 is 4.92 Å². The van der Waals surface area contributed by atoms with Crippen LogP contribution in [0.25, 0.3) is 0 Å². The molecule has 1 N–H and O–H groups in total. The number of nitro benzene ring substituents is 1. The van der Waals surface area contributed by atoms with Gasteiger partial charge in [-0.25, -0.2) is 5.01 Å². The number of methoxy groups -OCH3 is 1. The highest BCUT2D eigenvalue weighted by Crippen LogP contribution is 2.43. The standard InChI is InChI=1S/C25H22N4O3S/c1-32-20-13-6-17(7-14-20)24-22-15-8-16-4-2-3-5-21(16)23(22)27-28(24)25(33)26-18-9-11-19(12-10-18)29(30)31/h2-7,9-14,22,24H,8,15H2,1H3,(H,26,33)/t22-,24+/m0/s1. The van der Waals surface area contributed by atoms with E-state index in [9.17, 15) is 10.1 Å². The van der Waals surface area contributed by atoms with Gasteiger partial charge >= 0.3 is 0 Å². The molecule has 0 saturated carbocycles. The SMILES string of the molecule is COc1ccc([C@@H]2[C@H]3CCc4ccccc4C3=NN2C(=S)Nc2ccc([N+](=O)[O-])cc2)cc1. The van der Waals surface area contributed by atoms with Gasteiger partial charge in [0, 0.05) is 29.3 Å². The van der Waals surface area contributed by atoms with Crippen molar-refractivity contribution in [2.45, 2.75) is 18.9 Å². The van der Waals surface area contributed by atoms with Gasteiger partial charge in [-0.05, 0) is 60.5 Å². The number of ether oxygens (including phenoxy) is 1. The van der Waals surface area contributed by atoms with Gasteiger partial charge in [-0.3, -0.25) is 10.1 Å². The van der Waals surface area contributed by atoms with Gasteiger partial charge in [0.1, 0.15) is 5.75 Å². The van der Waals surface area contributed by atoms with Gasteiger partial charge in [-0.15, -0.1) is 0 Å². The minimum Gasteiger partial charge on any atom is -0.497 e. The molecule has 0 bridgehead atoms. The first-order chi connectivity index (χ1) is 16.0. The van der Waals surface area contributed by atoms with Crippen molar-refractivity contribution in [1.82, 2.24) is 5.01 Å². The molecule has 1 aliphatic carbocycles. The highest BCUT2D eigenvalue weighted by Gasteiger charge is 2.42. The van der Waals surface area contributed by atoms with Crippen LogP contribution in [0.4, 0.5) is 11.4 Å². The molecule has 1 aliphatic heterocycles. The molecular formula is C25H22N4O3S. The normalized spacial score (nSPS) is 18.7. The Morgan fingerprint density at radius 2 is 1.85 bits per heavy atom. The number of nitro groups is 1. The van der Waals surface area contributed by atoms with E-state index in [0.29, 0.717) is 10.8 Å². The summed E-state index contributed by atoms with van der Waals surface area (Å²) < 4.78 is 5.34. The van der Waals surface area contributed by atoms with Gasteiger partial charge in [0.25, 0.3) is 5.69 Å². The number of hydrazone groups is 1. The van der Waals surface area contributed by atoms with Crippen molar-refractivity contribution in [2.75, 3.05) is 12.4 Å². The van der Waals surface area contributed by atoms with Crippen LogP contribution < -0.4 is 10.1 Å². The molecule has 0 spiro atoms. The minimum atomic E-state index is -0.420. The van der Waals surface area contributed by atoms with Crippen molar-refractivity contribution < 1.29 is 9.66 Å². The largest absolute Gasteiger partial charge is 0.497 e.